The molecular weight excluding hydrogens is 368 g/mol. The Morgan fingerprint density at radius 1 is 1.00 bits per heavy atom. The van der Waals surface area contributed by atoms with Gasteiger partial charge in [0.25, 0.3) is 0 Å². The van der Waals surface area contributed by atoms with E-state index in [1.165, 1.54) is 11.1 Å². The first-order valence-corrected chi connectivity index (χ1v) is 7.60. The molecule has 0 amide bonds. The number of nitrogens with zero attached hydrogens (tertiary/aromatic N) is 1. The topological polar surface area (TPSA) is 29.3 Å². The largest absolute Gasteiger partial charge is 0.398 e. The quantitative estimate of drug-likeness (QED) is 0.791. The second kappa shape index (κ2) is 6.55. The van der Waals surface area contributed by atoms with E-state index in [9.17, 15) is 0 Å². The summed E-state index contributed by atoms with van der Waals surface area (Å²) in [5.41, 5.74) is 9.19. The summed E-state index contributed by atoms with van der Waals surface area (Å²) in [6, 6.07) is 14.4. The Hall–Kier alpha value is -0.840. The van der Waals surface area contributed by atoms with Gasteiger partial charge in [-0.15, -0.1) is 0 Å². The van der Waals surface area contributed by atoms with Crippen molar-refractivity contribution in [1.29, 1.82) is 0 Å². The smallest absolute Gasteiger partial charge is 0.0461 e. The van der Waals surface area contributed by atoms with E-state index in [0.29, 0.717) is 0 Å². The molecule has 0 aliphatic heterocycles. The summed E-state index contributed by atoms with van der Waals surface area (Å²) in [7, 11) is 2.11. The van der Waals surface area contributed by atoms with E-state index in [-0.39, 0.29) is 0 Å². The average molecular weight is 384 g/mol. The Kier molecular flexibility index (Phi) is 5.02. The number of rotatable bonds is 4. The minimum Gasteiger partial charge on any atom is -0.398 e. The predicted octanol–water partition coefficient (Wildman–Crippen LogP) is 4.43. The van der Waals surface area contributed by atoms with Gasteiger partial charge in [-0.3, -0.25) is 4.90 Å². The molecule has 0 aromatic heterocycles. The molecule has 2 aromatic rings. The van der Waals surface area contributed by atoms with Crippen molar-refractivity contribution in [3.05, 3.63) is 62.5 Å². The molecule has 0 atom stereocenters. The van der Waals surface area contributed by atoms with Crippen LogP contribution in [-0.4, -0.2) is 11.9 Å². The Balaban J connectivity index is 2.03. The van der Waals surface area contributed by atoms with Gasteiger partial charge in [-0.1, -0.05) is 40.2 Å². The van der Waals surface area contributed by atoms with Crippen LogP contribution in [0.2, 0.25) is 0 Å². The normalized spacial score (nSPS) is 10.9. The predicted molar refractivity (Wildman–Crippen MR) is 87.9 cm³/mol. The molecule has 0 aliphatic carbocycles. The molecular formula is C15H16Br2N2. The number of benzene rings is 2. The van der Waals surface area contributed by atoms with Crippen LogP contribution in [0.15, 0.2) is 51.4 Å². The first-order valence-electron chi connectivity index (χ1n) is 6.02. The highest BCUT2D eigenvalue weighted by molar-refractivity contribution is 9.10. The van der Waals surface area contributed by atoms with Crippen molar-refractivity contribution in [3.63, 3.8) is 0 Å². The van der Waals surface area contributed by atoms with E-state index in [0.717, 1.165) is 27.7 Å². The Morgan fingerprint density at radius 3 is 2.42 bits per heavy atom. The van der Waals surface area contributed by atoms with Gasteiger partial charge in [0.05, 0.1) is 0 Å². The second-order valence-electron chi connectivity index (χ2n) is 4.62. The number of hydrogen-bond donors (Lipinski definition) is 1. The minimum absolute atomic E-state index is 0.784. The molecule has 0 aliphatic rings. The van der Waals surface area contributed by atoms with Crippen molar-refractivity contribution in [2.75, 3.05) is 12.8 Å². The summed E-state index contributed by atoms with van der Waals surface area (Å²) >= 11 is 6.99. The zero-order chi connectivity index (χ0) is 13.8. The van der Waals surface area contributed by atoms with E-state index >= 15 is 0 Å². The molecule has 0 spiro atoms. The lowest BCUT2D eigenvalue weighted by Crippen LogP contribution is -2.17. The highest BCUT2D eigenvalue weighted by Gasteiger charge is 2.05. The zero-order valence-electron chi connectivity index (χ0n) is 10.7. The second-order valence-corrected chi connectivity index (χ2v) is 6.33. The SMILES string of the molecule is CN(Cc1ccc(Br)c(N)c1)Cc1ccccc1Br. The molecule has 0 saturated carbocycles. The molecule has 2 aromatic carbocycles. The van der Waals surface area contributed by atoms with Crippen LogP contribution in [0.25, 0.3) is 0 Å². The minimum atomic E-state index is 0.784. The van der Waals surface area contributed by atoms with Gasteiger partial charge in [-0.2, -0.15) is 0 Å². The van der Waals surface area contributed by atoms with Crippen LogP contribution in [0.4, 0.5) is 5.69 Å². The monoisotopic (exact) mass is 382 g/mol. The molecule has 0 saturated heterocycles. The Bertz CT molecular complexity index is 570. The highest BCUT2D eigenvalue weighted by atomic mass is 79.9. The third-order valence-corrected chi connectivity index (χ3v) is 4.41. The number of hydrogen-bond acceptors (Lipinski definition) is 2. The van der Waals surface area contributed by atoms with E-state index in [2.05, 4.69) is 68.1 Å². The van der Waals surface area contributed by atoms with Crippen molar-refractivity contribution in [1.82, 2.24) is 4.90 Å². The number of nitrogen functional groups attached to an aromatic ring is 1. The summed E-state index contributed by atoms with van der Waals surface area (Å²) in [4.78, 5) is 2.27. The zero-order valence-corrected chi connectivity index (χ0v) is 13.9. The van der Waals surface area contributed by atoms with Crippen molar-refractivity contribution in [3.8, 4) is 0 Å². The van der Waals surface area contributed by atoms with Crippen molar-refractivity contribution < 1.29 is 0 Å². The van der Waals surface area contributed by atoms with Gasteiger partial charge in [0, 0.05) is 27.7 Å². The lowest BCUT2D eigenvalue weighted by atomic mass is 10.1. The Labute approximate surface area is 130 Å². The van der Waals surface area contributed by atoms with Gasteiger partial charge in [0.15, 0.2) is 0 Å². The summed E-state index contributed by atoms with van der Waals surface area (Å²) in [6.07, 6.45) is 0. The maximum Gasteiger partial charge on any atom is 0.0461 e. The van der Waals surface area contributed by atoms with E-state index < -0.39 is 0 Å². The summed E-state index contributed by atoms with van der Waals surface area (Å²) < 4.78 is 2.10. The maximum atomic E-state index is 5.90. The molecule has 2 nitrogen and oxygen atoms in total. The van der Waals surface area contributed by atoms with Crippen molar-refractivity contribution in [2.24, 2.45) is 0 Å². The van der Waals surface area contributed by atoms with E-state index in [1.807, 2.05) is 18.2 Å². The van der Waals surface area contributed by atoms with Gasteiger partial charge in [0.1, 0.15) is 0 Å². The van der Waals surface area contributed by atoms with E-state index in [4.69, 9.17) is 5.73 Å². The maximum absolute atomic E-state index is 5.90. The molecule has 0 bridgehead atoms. The summed E-state index contributed by atoms with van der Waals surface area (Å²) in [5.74, 6) is 0. The van der Waals surface area contributed by atoms with Gasteiger partial charge >= 0.3 is 0 Å². The first-order chi connectivity index (χ1) is 9.06. The fourth-order valence-corrected chi connectivity index (χ4v) is 2.63. The molecule has 19 heavy (non-hydrogen) atoms. The van der Waals surface area contributed by atoms with E-state index in [1.54, 1.807) is 0 Å². The fraction of sp³-hybridized carbons (Fsp3) is 0.200. The lowest BCUT2D eigenvalue weighted by Gasteiger charge is -2.18. The fourth-order valence-electron chi connectivity index (χ4n) is 1.98. The van der Waals surface area contributed by atoms with Crippen LogP contribution in [0, 0.1) is 0 Å². The van der Waals surface area contributed by atoms with Crippen LogP contribution in [-0.2, 0) is 13.1 Å². The van der Waals surface area contributed by atoms with Crippen molar-refractivity contribution in [2.45, 2.75) is 13.1 Å². The van der Waals surface area contributed by atoms with Crippen LogP contribution >= 0.6 is 31.9 Å². The standard InChI is InChI=1S/C15H16Br2N2/c1-19(10-12-4-2-3-5-13(12)16)9-11-6-7-14(17)15(18)8-11/h2-8H,9-10,18H2,1H3. The molecule has 0 fully saturated rings. The van der Waals surface area contributed by atoms with Crippen LogP contribution in [0.5, 0.6) is 0 Å². The van der Waals surface area contributed by atoms with Crippen LogP contribution < -0.4 is 5.73 Å². The molecule has 4 heteroatoms. The lowest BCUT2D eigenvalue weighted by molar-refractivity contribution is 0.318. The highest BCUT2D eigenvalue weighted by Crippen LogP contribution is 2.22. The van der Waals surface area contributed by atoms with Gasteiger partial charge < -0.3 is 5.73 Å². The third kappa shape index (κ3) is 4.06. The average Bonchev–Trinajstić information content (AvgIpc) is 2.37. The van der Waals surface area contributed by atoms with Gasteiger partial charge in [-0.25, -0.2) is 0 Å². The number of nitrogens with two attached hydrogens (primary N) is 1. The van der Waals surface area contributed by atoms with Crippen LogP contribution in [0.1, 0.15) is 11.1 Å². The summed E-state index contributed by atoms with van der Waals surface area (Å²) in [5, 5.41) is 0. The molecule has 0 heterocycles. The molecule has 0 radical (unpaired) electrons. The van der Waals surface area contributed by atoms with Gasteiger partial charge in [0.2, 0.25) is 0 Å². The van der Waals surface area contributed by atoms with Gasteiger partial charge in [-0.05, 0) is 52.3 Å². The van der Waals surface area contributed by atoms with Crippen molar-refractivity contribution >= 4 is 37.5 Å². The molecule has 100 valence electrons. The molecule has 2 rings (SSSR count). The third-order valence-electron chi connectivity index (χ3n) is 2.91. The number of halogens is 2. The van der Waals surface area contributed by atoms with Crippen LogP contribution in [0.3, 0.4) is 0 Å². The first kappa shape index (κ1) is 14.6. The molecule has 2 N–H and O–H groups in total. The molecule has 0 unspecified atom stereocenters. The number of anilines is 1. The Morgan fingerprint density at radius 2 is 1.74 bits per heavy atom. The summed E-state index contributed by atoms with van der Waals surface area (Å²) in [6.45, 7) is 1.77.